The summed E-state index contributed by atoms with van der Waals surface area (Å²) < 4.78 is 21.8. The Labute approximate surface area is 237 Å². The van der Waals surface area contributed by atoms with Crippen LogP contribution in [-0.2, 0) is 18.4 Å². The second-order valence-corrected chi connectivity index (χ2v) is 12.0. The summed E-state index contributed by atoms with van der Waals surface area (Å²) in [6, 6.07) is -0.894. The number of amides is 1. The van der Waals surface area contributed by atoms with Crippen LogP contribution in [0.3, 0.4) is 0 Å². The number of phosphoric acid groups is 1. The average molecular weight is 579 g/mol. The number of rotatable bonds is 28. The maximum Gasteiger partial charge on any atom is 0.472 e. The Morgan fingerprint density at radius 2 is 1.41 bits per heavy atom. The van der Waals surface area contributed by atoms with Gasteiger partial charge in [0.2, 0.25) is 5.91 Å². The highest BCUT2D eigenvalue weighted by Gasteiger charge is 2.28. The summed E-state index contributed by atoms with van der Waals surface area (Å²) in [5.74, 6) is -0.433. The van der Waals surface area contributed by atoms with E-state index in [1.54, 1.807) is 0 Å². The zero-order valence-electron chi connectivity index (χ0n) is 24.7. The summed E-state index contributed by atoms with van der Waals surface area (Å²) >= 11 is 0. The van der Waals surface area contributed by atoms with Crippen LogP contribution < -0.4 is 11.1 Å². The van der Waals surface area contributed by atoms with Crippen molar-refractivity contribution in [2.75, 3.05) is 19.8 Å². The topological polar surface area (TPSA) is 151 Å². The first-order valence-corrected chi connectivity index (χ1v) is 16.9. The van der Waals surface area contributed by atoms with Gasteiger partial charge < -0.3 is 26.2 Å². The Kier molecular flexibility index (Phi) is 25.6. The monoisotopic (exact) mass is 578 g/mol. The molecule has 0 heterocycles. The van der Waals surface area contributed by atoms with Gasteiger partial charge in [-0.25, -0.2) is 4.57 Å². The number of nitrogens with two attached hydrogens (primary N) is 1. The van der Waals surface area contributed by atoms with Crippen molar-refractivity contribution in [1.82, 2.24) is 5.32 Å². The van der Waals surface area contributed by atoms with Crippen molar-refractivity contribution in [2.24, 2.45) is 5.73 Å². The van der Waals surface area contributed by atoms with Crippen molar-refractivity contribution in [2.45, 2.75) is 148 Å². The van der Waals surface area contributed by atoms with Crippen molar-refractivity contribution < 1.29 is 33.5 Å². The number of carbonyl (C=O) groups excluding carboxylic acids is 1. The van der Waals surface area contributed by atoms with Crippen LogP contribution in [-0.4, -0.2) is 59.0 Å². The van der Waals surface area contributed by atoms with Gasteiger partial charge in [-0.3, -0.25) is 13.8 Å². The van der Waals surface area contributed by atoms with Crippen molar-refractivity contribution in [3.8, 4) is 0 Å². The number of carbonyl (C=O) groups is 1. The lowest BCUT2D eigenvalue weighted by atomic mass is 10.0. The van der Waals surface area contributed by atoms with E-state index in [-0.39, 0.29) is 26.2 Å². The number of phosphoric ester groups is 1. The van der Waals surface area contributed by atoms with Gasteiger partial charge in [0.25, 0.3) is 0 Å². The van der Waals surface area contributed by atoms with Gasteiger partial charge in [0.1, 0.15) is 0 Å². The van der Waals surface area contributed by atoms with Crippen LogP contribution in [0, 0.1) is 0 Å². The first-order chi connectivity index (χ1) is 18.8. The van der Waals surface area contributed by atoms with Crippen LogP contribution >= 0.6 is 7.82 Å². The second-order valence-electron chi connectivity index (χ2n) is 10.5. The number of unbranched alkanes of at least 4 members (excludes halogenated alkanes) is 12. The summed E-state index contributed by atoms with van der Waals surface area (Å²) in [5.41, 5.74) is 5.31. The van der Waals surface area contributed by atoms with Crippen molar-refractivity contribution in [1.29, 1.82) is 0 Å². The lowest BCUT2D eigenvalue weighted by Crippen LogP contribution is -2.47. The summed E-state index contributed by atoms with van der Waals surface area (Å²) in [5, 5.41) is 23.7. The third-order valence-electron chi connectivity index (χ3n) is 6.67. The second kappa shape index (κ2) is 26.1. The minimum Gasteiger partial charge on any atom is -0.393 e. The predicted octanol–water partition coefficient (Wildman–Crippen LogP) is 5.90. The Morgan fingerprint density at radius 3 is 2.03 bits per heavy atom. The van der Waals surface area contributed by atoms with E-state index in [1.807, 2.05) is 0 Å². The third-order valence-corrected chi connectivity index (χ3v) is 7.66. The normalized spacial score (nSPS) is 15.7. The molecule has 10 heteroatoms. The first kappa shape index (κ1) is 38.2. The predicted molar refractivity (Wildman–Crippen MR) is 158 cm³/mol. The standard InChI is InChI=1S/C29H59N2O7P/c1-3-5-7-9-11-13-15-17-19-21-28(33)27(25-38-39(35,36)37-23-22-30)31-29(34)24-26(32)20-18-16-14-12-10-8-6-4-2/h10,12,26-28,32-33H,3-9,11,13-25,30H2,1-2H3,(H,31,34)(H,35,36)/b12-10-. The van der Waals surface area contributed by atoms with Crippen molar-refractivity contribution >= 4 is 13.7 Å². The Balaban J connectivity index is 4.56. The zero-order chi connectivity index (χ0) is 29.2. The van der Waals surface area contributed by atoms with E-state index in [2.05, 4.69) is 31.3 Å². The molecule has 0 radical (unpaired) electrons. The maximum absolute atomic E-state index is 12.6. The van der Waals surface area contributed by atoms with Gasteiger partial charge in [0.15, 0.2) is 0 Å². The molecule has 0 bridgehead atoms. The third kappa shape index (κ3) is 24.7. The van der Waals surface area contributed by atoms with Crippen LogP contribution in [0.15, 0.2) is 12.2 Å². The molecule has 9 nitrogen and oxygen atoms in total. The molecule has 0 aromatic rings. The minimum atomic E-state index is -4.35. The van der Waals surface area contributed by atoms with Gasteiger partial charge in [-0.15, -0.1) is 0 Å². The smallest absolute Gasteiger partial charge is 0.393 e. The van der Waals surface area contributed by atoms with E-state index >= 15 is 0 Å². The molecule has 39 heavy (non-hydrogen) atoms. The van der Waals surface area contributed by atoms with E-state index in [1.165, 1.54) is 51.4 Å². The molecule has 0 fully saturated rings. The lowest BCUT2D eigenvalue weighted by Gasteiger charge is -2.25. The fourth-order valence-electron chi connectivity index (χ4n) is 4.28. The van der Waals surface area contributed by atoms with E-state index < -0.39 is 32.0 Å². The van der Waals surface area contributed by atoms with Crippen LogP contribution in [0.4, 0.5) is 0 Å². The van der Waals surface area contributed by atoms with Gasteiger partial charge >= 0.3 is 7.82 Å². The molecule has 0 aliphatic rings. The fraction of sp³-hybridized carbons (Fsp3) is 0.897. The van der Waals surface area contributed by atoms with Crippen molar-refractivity contribution in [3.63, 3.8) is 0 Å². The molecule has 0 aromatic heterocycles. The molecule has 1 amide bonds. The highest BCUT2D eigenvalue weighted by Crippen LogP contribution is 2.43. The number of allylic oxidation sites excluding steroid dienone is 2. The number of hydrogen-bond donors (Lipinski definition) is 5. The zero-order valence-corrected chi connectivity index (χ0v) is 25.6. The number of aliphatic hydroxyl groups is 2. The van der Waals surface area contributed by atoms with E-state index in [4.69, 9.17) is 14.8 Å². The highest BCUT2D eigenvalue weighted by molar-refractivity contribution is 7.47. The van der Waals surface area contributed by atoms with Gasteiger partial charge in [-0.1, -0.05) is 103 Å². The molecule has 232 valence electrons. The molecule has 0 aliphatic carbocycles. The van der Waals surface area contributed by atoms with Crippen LogP contribution in [0.1, 0.15) is 129 Å². The summed E-state index contributed by atoms with van der Waals surface area (Å²) in [6.07, 6.45) is 19.9. The summed E-state index contributed by atoms with van der Waals surface area (Å²) in [4.78, 5) is 22.4. The number of nitrogens with one attached hydrogen (secondary N) is 1. The Morgan fingerprint density at radius 1 is 0.846 bits per heavy atom. The molecule has 0 spiro atoms. The number of hydrogen-bond acceptors (Lipinski definition) is 7. The first-order valence-electron chi connectivity index (χ1n) is 15.4. The highest BCUT2D eigenvalue weighted by atomic mass is 31.2. The largest absolute Gasteiger partial charge is 0.472 e. The summed E-state index contributed by atoms with van der Waals surface area (Å²) in [6.45, 7) is 3.90. The van der Waals surface area contributed by atoms with E-state index in [0.717, 1.165) is 44.9 Å². The van der Waals surface area contributed by atoms with Gasteiger partial charge in [-0.05, 0) is 32.1 Å². The minimum absolute atomic E-state index is 0.0579. The van der Waals surface area contributed by atoms with E-state index in [0.29, 0.717) is 12.8 Å². The molecule has 0 rings (SSSR count). The molecule has 0 aromatic carbocycles. The molecule has 0 saturated carbocycles. The Bertz CT molecular complexity index is 651. The molecule has 0 aliphatic heterocycles. The molecule has 6 N–H and O–H groups in total. The SMILES string of the molecule is CCCC/C=C\CCCCC(O)CC(=O)NC(COP(=O)(O)OCCN)C(O)CCCCCCCCCCC. The van der Waals surface area contributed by atoms with Crippen LogP contribution in [0.25, 0.3) is 0 Å². The van der Waals surface area contributed by atoms with E-state index in [9.17, 15) is 24.5 Å². The van der Waals surface area contributed by atoms with Gasteiger partial charge in [0.05, 0.1) is 37.9 Å². The molecule has 4 atom stereocenters. The lowest BCUT2D eigenvalue weighted by molar-refractivity contribution is -0.125. The molecular formula is C29H59N2O7P. The van der Waals surface area contributed by atoms with Gasteiger partial charge in [-0.2, -0.15) is 0 Å². The quantitative estimate of drug-likeness (QED) is 0.0437. The number of aliphatic hydroxyl groups excluding tert-OH is 2. The molecular weight excluding hydrogens is 519 g/mol. The van der Waals surface area contributed by atoms with Crippen LogP contribution in [0.5, 0.6) is 0 Å². The summed E-state index contributed by atoms with van der Waals surface area (Å²) in [7, 11) is -4.35. The average Bonchev–Trinajstić information content (AvgIpc) is 2.90. The van der Waals surface area contributed by atoms with Crippen LogP contribution in [0.2, 0.25) is 0 Å². The van der Waals surface area contributed by atoms with Crippen molar-refractivity contribution in [3.05, 3.63) is 12.2 Å². The van der Waals surface area contributed by atoms with Gasteiger partial charge in [0, 0.05) is 6.54 Å². The Hall–Kier alpha value is -0.800. The molecule has 4 unspecified atom stereocenters. The molecule has 0 saturated heterocycles. The maximum atomic E-state index is 12.6. The fourth-order valence-corrected chi connectivity index (χ4v) is 5.04.